The molecular formula is C10H12O5. The predicted octanol–water partition coefficient (Wildman–Crippen LogP) is 1.29. The van der Waals surface area contributed by atoms with Gasteiger partial charge in [-0.05, 0) is 19.9 Å². The van der Waals surface area contributed by atoms with Crippen LogP contribution >= 0.6 is 0 Å². The second-order valence-corrected chi connectivity index (χ2v) is 2.99. The van der Waals surface area contributed by atoms with Gasteiger partial charge in [-0.3, -0.25) is 0 Å². The molecule has 0 aliphatic carbocycles. The van der Waals surface area contributed by atoms with Crippen molar-refractivity contribution in [1.29, 1.82) is 0 Å². The quantitative estimate of drug-likeness (QED) is 0.508. The Morgan fingerprint density at radius 1 is 1.33 bits per heavy atom. The van der Waals surface area contributed by atoms with Crippen LogP contribution in [0.25, 0.3) is 0 Å². The summed E-state index contributed by atoms with van der Waals surface area (Å²) >= 11 is 0. The van der Waals surface area contributed by atoms with E-state index in [0.29, 0.717) is 0 Å². The van der Waals surface area contributed by atoms with Gasteiger partial charge in [-0.15, -0.1) is 0 Å². The topological polar surface area (TPSA) is 87.0 Å². The highest BCUT2D eigenvalue weighted by molar-refractivity contribution is 5.93. The summed E-state index contributed by atoms with van der Waals surface area (Å²) in [7, 11) is 0. The Balaban J connectivity index is 3.26. The third-order valence-corrected chi connectivity index (χ3v) is 2.00. The second kappa shape index (κ2) is 4.08. The minimum Gasteiger partial charge on any atom is -0.504 e. The lowest BCUT2D eigenvalue weighted by molar-refractivity contribution is 0.0524. The molecule has 0 amide bonds. The molecule has 0 fully saturated rings. The molecule has 0 spiro atoms. The number of hydrogen-bond donors (Lipinski definition) is 3. The summed E-state index contributed by atoms with van der Waals surface area (Å²) in [5.74, 6) is -2.36. The lowest BCUT2D eigenvalue weighted by Crippen LogP contribution is -2.06. The molecule has 0 atom stereocenters. The van der Waals surface area contributed by atoms with E-state index in [9.17, 15) is 20.1 Å². The fraction of sp³-hybridized carbons (Fsp3) is 0.300. The van der Waals surface area contributed by atoms with Crippen molar-refractivity contribution in [3.8, 4) is 17.2 Å². The van der Waals surface area contributed by atoms with Gasteiger partial charge in [0.1, 0.15) is 0 Å². The number of aromatic hydroxyl groups is 3. The summed E-state index contributed by atoms with van der Waals surface area (Å²) in [5.41, 5.74) is 0.202. The minimum absolute atomic E-state index is 0.0321. The van der Waals surface area contributed by atoms with Crippen molar-refractivity contribution in [3.05, 3.63) is 17.2 Å². The minimum atomic E-state index is -0.652. The summed E-state index contributed by atoms with van der Waals surface area (Å²) < 4.78 is 4.72. The van der Waals surface area contributed by atoms with E-state index in [0.717, 1.165) is 6.07 Å². The number of hydrogen-bond acceptors (Lipinski definition) is 5. The molecule has 0 aliphatic heterocycles. The number of ether oxygens (including phenoxy) is 1. The molecule has 3 N–H and O–H groups in total. The van der Waals surface area contributed by atoms with Gasteiger partial charge in [0.15, 0.2) is 11.5 Å². The highest BCUT2D eigenvalue weighted by Crippen LogP contribution is 2.39. The van der Waals surface area contributed by atoms with E-state index in [1.54, 1.807) is 6.92 Å². The molecule has 5 nitrogen and oxygen atoms in total. The van der Waals surface area contributed by atoms with Gasteiger partial charge in [0.2, 0.25) is 5.75 Å². The molecule has 0 aliphatic rings. The van der Waals surface area contributed by atoms with Crippen LogP contribution in [0.5, 0.6) is 17.2 Å². The van der Waals surface area contributed by atoms with E-state index in [2.05, 4.69) is 0 Å². The van der Waals surface area contributed by atoms with Crippen molar-refractivity contribution < 1.29 is 24.9 Å². The first-order valence-electron chi connectivity index (χ1n) is 4.40. The maximum Gasteiger partial charge on any atom is 0.338 e. The average molecular weight is 212 g/mol. The molecule has 0 saturated heterocycles. The first-order valence-corrected chi connectivity index (χ1v) is 4.40. The number of benzene rings is 1. The molecule has 15 heavy (non-hydrogen) atoms. The highest BCUT2D eigenvalue weighted by atomic mass is 16.5. The zero-order chi connectivity index (χ0) is 11.6. The molecule has 0 unspecified atom stereocenters. The van der Waals surface area contributed by atoms with Gasteiger partial charge in [0.25, 0.3) is 0 Å². The molecule has 1 aromatic carbocycles. The van der Waals surface area contributed by atoms with Crippen LogP contribution in [-0.2, 0) is 4.74 Å². The zero-order valence-electron chi connectivity index (χ0n) is 8.44. The maximum absolute atomic E-state index is 11.4. The van der Waals surface area contributed by atoms with E-state index >= 15 is 0 Å². The van der Waals surface area contributed by atoms with Crippen molar-refractivity contribution in [3.63, 3.8) is 0 Å². The van der Waals surface area contributed by atoms with Crippen LogP contribution in [0, 0.1) is 6.92 Å². The Hall–Kier alpha value is -1.91. The Kier molecular flexibility index (Phi) is 3.04. The number of carbonyl (C=O) groups excluding carboxylic acids is 1. The molecule has 1 rings (SSSR count). The third-order valence-electron chi connectivity index (χ3n) is 2.00. The SMILES string of the molecule is CCOC(=O)c1cc(O)c(O)c(O)c1C. The number of rotatable bonds is 2. The van der Waals surface area contributed by atoms with E-state index in [1.165, 1.54) is 6.92 Å². The van der Waals surface area contributed by atoms with Crippen LogP contribution in [0.3, 0.4) is 0 Å². The van der Waals surface area contributed by atoms with E-state index < -0.39 is 23.2 Å². The van der Waals surface area contributed by atoms with Crippen molar-refractivity contribution in [2.75, 3.05) is 6.61 Å². The van der Waals surface area contributed by atoms with Gasteiger partial charge in [-0.25, -0.2) is 4.79 Å². The van der Waals surface area contributed by atoms with Crippen LogP contribution in [0.15, 0.2) is 6.07 Å². The Morgan fingerprint density at radius 2 is 1.93 bits per heavy atom. The zero-order valence-corrected chi connectivity index (χ0v) is 8.44. The van der Waals surface area contributed by atoms with Crippen molar-refractivity contribution in [2.24, 2.45) is 0 Å². The van der Waals surface area contributed by atoms with Crippen LogP contribution in [0.4, 0.5) is 0 Å². The standard InChI is InChI=1S/C10H12O5/c1-3-15-10(14)6-4-7(11)9(13)8(12)5(6)2/h4,11-13H,3H2,1-2H3. The van der Waals surface area contributed by atoms with Gasteiger partial charge < -0.3 is 20.1 Å². The molecule has 5 heteroatoms. The van der Waals surface area contributed by atoms with E-state index in [1.807, 2.05) is 0 Å². The van der Waals surface area contributed by atoms with E-state index in [4.69, 9.17) is 4.74 Å². The highest BCUT2D eigenvalue weighted by Gasteiger charge is 2.18. The Bertz CT molecular complexity index is 397. The molecule has 0 heterocycles. The second-order valence-electron chi connectivity index (χ2n) is 2.99. The molecule has 0 radical (unpaired) electrons. The number of esters is 1. The van der Waals surface area contributed by atoms with Gasteiger partial charge >= 0.3 is 5.97 Å². The summed E-state index contributed by atoms with van der Waals surface area (Å²) in [6.45, 7) is 3.29. The van der Waals surface area contributed by atoms with Crippen LogP contribution in [0.2, 0.25) is 0 Å². The summed E-state index contributed by atoms with van der Waals surface area (Å²) in [6.07, 6.45) is 0. The van der Waals surface area contributed by atoms with Gasteiger partial charge in [0.05, 0.1) is 12.2 Å². The van der Waals surface area contributed by atoms with Crippen molar-refractivity contribution in [1.82, 2.24) is 0 Å². The Labute approximate surface area is 86.5 Å². The maximum atomic E-state index is 11.4. The molecule has 0 saturated carbocycles. The fourth-order valence-corrected chi connectivity index (χ4v) is 1.16. The summed E-state index contributed by atoms with van der Waals surface area (Å²) in [4.78, 5) is 11.4. The van der Waals surface area contributed by atoms with Crippen LogP contribution in [-0.4, -0.2) is 27.9 Å². The molecule has 1 aromatic rings. The third kappa shape index (κ3) is 1.96. The number of carbonyl (C=O) groups is 1. The lowest BCUT2D eigenvalue weighted by Gasteiger charge is -2.09. The monoisotopic (exact) mass is 212 g/mol. The van der Waals surface area contributed by atoms with Crippen molar-refractivity contribution >= 4 is 5.97 Å². The smallest absolute Gasteiger partial charge is 0.338 e. The van der Waals surface area contributed by atoms with Gasteiger partial charge in [-0.1, -0.05) is 0 Å². The summed E-state index contributed by atoms with van der Waals surface area (Å²) in [5, 5.41) is 27.7. The van der Waals surface area contributed by atoms with Crippen LogP contribution in [0.1, 0.15) is 22.8 Å². The predicted molar refractivity (Wildman–Crippen MR) is 52.1 cm³/mol. The lowest BCUT2D eigenvalue weighted by atomic mass is 10.1. The van der Waals surface area contributed by atoms with E-state index in [-0.39, 0.29) is 17.7 Å². The van der Waals surface area contributed by atoms with Crippen molar-refractivity contribution in [2.45, 2.75) is 13.8 Å². The average Bonchev–Trinajstić information content (AvgIpc) is 2.20. The van der Waals surface area contributed by atoms with Crippen LogP contribution < -0.4 is 0 Å². The van der Waals surface area contributed by atoms with Gasteiger partial charge in [0, 0.05) is 5.56 Å². The first kappa shape index (κ1) is 11.2. The Morgan fingerprint density at radius 3 is 2.47 bits per heavy atom. The fourth-order valence-electron chi connectivity index (χ4n) is 1.16. The largest absolute Gasteiger partial charge is 0.504 e. The molecule has 0 bridgehead atoms. The molecular weight excluding hydrogens is 200 g/mol. The van der Waals surface area contributed by atoms with Gasteiger partial charge in [-0.2, -0.15) is 0 Å². The number of phenols is 3. The molecule has 82 valence electrons. The molecule has 0 aromatic heterocycles. The first-order chi connectivity index (χ1) is 6.99. The summed E-state index contributed by atoms with van der Waals surface area (Å²) in [6, 6.07) is 1.06. The normalized spacial score (nSPS) is 10.0. The number of phenolic OH excluding ortho intramolecular Hbond substituents is 3.